The maximum atomic E-state index is 6.29. The van der Waals surface area contributed by atoms with Gasteiger partial charge in [-0.15, -0.1) is 10.2 Å². The summed E-state index contributed by atoms with van der Waals surface area (Å²) in [6.07, 6.45) is 4.98. The Morgan fingerprint density at radius 3 is 2.87 bits per heavy atom. The molecule has 5 rings (SSSR count). The second-order valence-corrected chi connectivity index (χ2v) is 7.14. The van der Waals surface area contributed by atoms with Crippen LogP contribution in [0, 0.1) is 0 Å². The van der Waals surface area contributed by atoms with Gasteiger partial charge in [0.15, 0.2) is 17.4 Å². The van der Waals surface area contributed by atoms with Crippen LogP contribution in [0.4, 0.5) is 0 Å². The standard InChI is InChI=1S/C21H17ClN6O2/c1-4-14-17(5-2)30-21(24-14)19-16-9-27-18(10-29-3)25-26-20(27)13-8-12(22)6-7-15(13)28(16)11-23-19/h4-8,11H,1-2,9-10H2,3H3. The van der Waals surface area contributed by atoms with Gasteiger partial charge in [-0.3, -0.25) is 4.57 Å². The summed E-state index contributed by atoms with van der Waals surface area (Å²) in [6, 6.07) is 5.65. The molecule has 8 nitrogen and oxygen atoms in total. The summed E-state index contributed by atoms with van der Waals surface area (Å²) in [6.45, 7) is 8.34. The van der Waals surface area contributed by atoms with Crippen LogP contribution in [0.5, 0.6) is 0 Å². The van der Waals surface area contributed by atoms with Gasteiger partial charge in [0, 0.05) is 17.7 Å². The highest BCUT2D eigenvalue weighted by molar-refractivity contribution is 6.31. The van der Waals surface area contributed by atoms with E-state index >= 15 is 0 Å². The van der Waals surface area contributed by atoms with E-state index in [0.717, 1.165) is 16.9 Å². The monoisotopic (exact) mass is 420 g/mol. The lowest BCUT2D eigenvalue weighted by Gasteiger charge is -2.08. The highest BCUT2D eigenvalue weighted by Gasteiger charge is 2.28. The number of halogens is 1. The number of imidazole rings is 1. The average Bonchev–Trinajstić information content (AvgIpc) is 3.44. The third kappa shape index (κ3) is 2.72. The summed E-state index contributed by atoms with van der Waals surface area (Å²) in [5.74, 6) is 2.35. The van der Waals surface area contributed by atoms with Crippen LogP contribution in [0.2, 0.25) is 5.02 Å². The van der Waals surface area contributed by atoms with Gasteiger partial charge in [-0.05, 0) is 30.4 Å². The largest absolute Gasteiger partial charge is 0.435 e. The fraction of sp³-hybridized carbons (Fsp3) is 0.143. The van der Waals surface area contributed by atoms with E-state index in [-0.39, 0.29) is 0 Å². The molecule has 0 aliphatic carbocycles. The van der Waals surface area contributed by atoms with E-state index in [9.17, 15) is 0 Å². The van der Waals surface area contributed by atoms with E-state index in [1.165, 1.54) is 0 Å². The first-order valence-electron chi connectivity index (χ1n) is 9.18. The molecule has 0 unspecified atom stereocenters. The number of fused-ring (bicyclic) bond motifs is 5. The van der Waals surface area contributed by atoms with Crippen molar-refractivity contribution in [1.82, 2.24) is 29.3 Å². The molecule has 30 heavy (non-hydrogen) atoms. The number of aromatic nitrogens is 6. The molecule has 0 fully saturated rings. The fourth-order valence-corrected chi connectivity index (χ4v) is 3.80. The SMILES string of the molecule is C=Cc1nc(-c2ncn3c2Cn2c(COC)nnc2-c2cc(Cl)ccc2-3)oc1C=C. The van der Waals surface area contributed by atoms with Gasteiger partial charge in [-0.1, -0.05) is 24.8 Å². The molecule has 4 aromatic rings. The van der Waals surface area contributed by atoms with Crippen molar-refractivity contribution < 1.29 is 9.15 Å². The van der Waals surface area contributed by atoms with Crippen molar-refractivity contribution in [2.75, 3.05) is 7.11 Å². The molecule has 0 saturated heterocycles. The van der Waals surface area contributed by atoms with Crippen molar-refractivity contribution in [3.63, 3.8) is 0 Å². The van der Waals surface area contributed by atoms with E-state index < -0.39 is 0 Å². The lowest BCUT2D eigenvalue weighted by atomic mass is 10.1. The number of oxazole rings is 1. The third-order valence-electron chi connectivity index (χ3n) is 5.00. The van der Waals surface area contributed by atoms with E-state index in [1.54, 1.807) is 25.6 Å². The summed E-state index contributed by atoms with van der Waals surface area (Å²) in [7, 11) is 1.62. The minimum absolute atomic E-state index is 0.326. The predicted octanol–water partition coefficient (Wildman–Crippen LogP) is 4.23. The summed E-state index contributed by atoms with van der Waals surface area (Å²) in [4.78, 5) is 9.14. The molecule has 1 aromatic carbocycles. The second kappa shape index (κ2) is 7.08. The average molecular weight is 421 g/mol. The topological polar surface area (TPSA) is 83.8 Å². The summed E-state index contributed by atoms with van der Waals surface area (Å²) in [5, 5.41) is 9.32. The van der Waals surface area contributed by atoms with Crippen LogP contribution in [0.25, 0.3) is 40.8 Å². The molecule has 0 N–H and O–H groups in total. The first kappa shape index (κ1) is 18.5. The van der Waals surface area contributed by atoms with Crippen LogP contribution < -0.4 is 0 Å². The van der Waals surface area contributed by atoms with Gasteiger partial charge in [-0.25, -0.2) is 9.97 Å². The molecule has 0 saturated carbocycles. The van der Waals surface area contributed by atoms with E-state index in [4.69, 9.17) is 20.8 Å². The molecular weight excluding hydrogens is 404 g/mol. The number of rotatable bonds is 5. The third-order valence-corrected chi connectivity index (χ3v) is 5.23. The Balaban J connectivity index is 1.77. The normalized spacial score (nSPS) is 12.1. The number of hydrogen-bond acceptors (Lipinski definition) is 6. The number of nitrogens with zero attached hydrogens (tertiary/aromatic N) is 6. The lowest BCUT2D eigenvalue weighted by molar-refractivity contribution is 0.174. The fourth-order valence-electron chi connectivity index (χ4n) is 3.63. The maximum Gasteiger partial charge on any atom is 0.248 e. The Labute approximate surface area is 177 Å². The smallest absolute Gasteiger partial charge is 0.248 e. The van der Waals surface area contributed by atoms with Crippen LogP contribution in [0.3, 0.4) is 0 Å². The molecule has 0 atom stereocenters. The quantitative estimate of drug-likeness (QED) is 0.423. The van der Waals surface area contributed by atoms with Crippen LogP contribution >= 0.6 is 11.6 Å². The van der Waals surface area contributed by atoms with Gasteiger partial charge in [0.2, 0.25) is 5.89 Å². The van der Waals surface area contributed by atoms with Crippen molar-refractivity contribution in [2.45, 2.75) is 13.2 Å². The maximum absolute atomic E-state index is 6.29. The van der Waals surface area contributed by atoms with Crippen LogP contribution in [0.1, 0.15) is 23.0 Å². The van der Waals surface area contributed by atoms with Crippen LogP contribution in [-0.4, -0.2) is 36.4 Å². The summed E-state index contributed by atoms with van der Waals surface area (Å²) >= 11 is 6.29. The Hall–Kier alpha value is -3.49. The highest BCUT2D eigenvalue weighted by atomic mass is 35.5. The van der Waals surface area contributed by atoms with E-state index in [1.807, 2.05) is 27.3 Å². The van der Waals surface area contributed by atoms with Crippen molar-refractivity contribution in [1.29, 1.82) is 0 Å². The number of benzene rings is 1. The molecule has 0 spiro atoms. The van der Waals surface area contributed by atoms with Gasteiger partial charge in [0.1, 0.15) is 24.3 Å². The Morgan fingerprint density at radius 1 is 1.27 bits per heavy atom. The van der Waals surface area contributed by atoms with E-state index in [0.29, 0.717) is 52.9 Å². The highest BCUT2D eigenvalue weighted by Crippen LogP contribution is 2.36. The first-order chi connectivity index (χ1) is 14.6. The molecule has 0 bridgehead atoms. The van der Waals surface area contributed by atoms with Gasteiger partial charge in [0.25, 0.3) is 0 Å². The molecular formula is C21H17ClN6O2. The predicted molar refractivity (Wildman–Crippen MR) is 113 cm³/mol. The van der Waals surface area contributed by atoms with E-state index in [2.05, 4.69) is 33.3 Å². The molecule has 0 radical (unpaired) electrons. The number of ether oxygens (including phenoxy) is 1. The van der Waals surface area contributed by atoms with Crippen LogP contribution in [-0.2, 0) is 17.9 Å². The van der Waals surface area contributed by atoms with Gasteiger partial charge in [-0.2, -0.15) is 0 Å². The Morgan fingerprint density at radius 2 is 2.13 bits per heavy atom. The van der Waals surface area contributed by atoms with Gasteiger partial charge < -0.3 is 13.7 Å². The molecule has 1 aliphatic heterocycles. The minimum Gasteiger partial charge on any atom is -0.435 e. The molecule has 0 amide bonds. The first-order valence-corrected chi connectivity index (χ1v) is 9.56. The molecule has 1 aliphatic rings. The Kier molecular flexibility index (Phi) is 4.38. The lowest BCUT2D eigenvalue weighted by Crippen LogP contribution is -2.09. The van der Waals surface area contributed by atoms with Crippen molar-refractivity contribution in [3.8, 4) is 28.7 Å². The van der Waals surface area contributed by atoms with Gasteiger partial charge >= 0.3 is 0 Å². The number of hydrogen-bond donors (Lipinski definition) is 0. The van der Waals surface area contributed by atoms with Crippen molar-refractivity contribution in [3.05, 3.63) is 65.7 Å². The van der Waals surface area contributed by atoms with Crippen LogP contribution in [0.15, 0.2) is 42.1 Å². The molecule has 150 valence electrons. The zero-order chi connectivity index (χ0) is 20.8. The number of methoxy groups -OCH3 is 1. The minimum atomic E-state index is 0.326. The summed E-state index contributed by atoms with van der Waals surface area (Å²) in [5.41, 5.74) is 3.86. The van der Waals surface area contributed by atoms with Gasteiger partial charge in [0.05, 0.1) is 17.9 Å². The zero-order valence-electron chi connectivity index (χ0n) is 16.2. The van der Waals surface area contributed by atoms with Crippen molar-refractivity contribution in [2.24, 2.45) is 0 Å². The summed E-state index contributed by atoms with van der Waals surface area (Å²) < 4.78 is 15.2. The second-order valence-electron chi connectivity index (χ2n) is 6.71. The van der Waals surface area contributed by atoms with Crippen molar-refractivity contribution >= 4 is 23.8 Å². The molecule has 3 aromatic heterocycles. The Bertz CT molecular complexity index is 1270. The zero-order valence-corrected chi connectivity index (χ0v) is 16.9. The molecule has 4 heterocycles. The molecule has 9 heteroatoms.